The fourth-order valence-corrected chi connectivity index (χ4v) is 2.47. The minimum atomic E-state index is -0.118. The van der Waals surface area contributed by atoms with Gasteiger partial charge in [-0.05, 0) is 31.5 Å². The van der Waals surface area contributed by atoms with Gasteiger partial charge in [-0.3, -0.25) is 14.7 Å². The Labute approximate surface area is 108 Å². The highest BCUT2D eigenvalue weighted by Crippen LogP contribution is 2.21. The number of hydrogen-bond acceptors (Lipinski definition) is 4. The number of methoxy groups -OCH3 is 1. The van der Waals surface area contributed by atoms with Crippen molar-refractivity contribution in [2.45, 2.75) is 38.3 Å². The van der Waals surface area contributed by atoms with Crippen molar-refractivity contribution in [3.63, 3.8) is 0 Å². The van der Waals surface area contributed by atoms with Crippen molar-refractivity contribution >= 4 is 5.97 Å². The van der Waals surface area contributed by atoms with E-state index >= 15 is 0 Å². The lowest BCUT2D eigenvalue weighted by Gasteiger charge is -2.34. The number of hydrogen-bond donors (Lipinski definition) is 0. The molecule has 0 amide bonds. The molecule has 1 aromatic heterocycles. The summed E-state index contributed by atoms with van der Waals surface area (Å²) < 4.78 is 4.77. The van der Waals surface area contributed by atoms with Crippen molar-refractivity contribution in [2.75, 3.05) is 13.7 Å². The zero-order valence-corrected chi connectivity index (χ0v) is 10.8. The number of likely N-dealkylation sites (tertiary alicyclic amines) is 1. The van der Waals surface area contributed by atoms with E-state index in [1.54, 1.807) is 0 Å². The van der Waals surface area contributed by atoms with Gasteiger partial charge in [0.15, 0.2) is 0 Å². The number of pyridine rings is 1. The molecule has 4 nitrogen and oxygen atoms in total. The Morgan fingerprint density at radius 2 is 2.39 bits per heavy atom. The summed E-state index contributed by atoms with van der Waals surface area (Å²) in [5.74, 6) is -0.118. The lowest BCUT2D eigenvalue weighted by atomic mass is 9.99. The van der Waals surface area contributed by atoms with Crippen LogP contribution in [0, 0.1) is 0 Å². The summed E-state index contributed by atoms with van der Waals surface area (Å²) in [5.41, 5.74) is 1.06. The lowest BCUT2D eigenvalue weighted by molar-refractivity contribution is -0.142. The minimum Gasteiger partial charge on any atom is -0.469 e. The lowest BCUT2D eigenvalue weighted by Crippen LogP contribution is -2.40. The van der Waals surface area contributed by atoms with Gasteiger partial charge in [-0.2, -0.15) is 0 Å². The Balaban J connectivity index is 1.97. The van der Waals surface area contributed by atoms with Crippen LogP contribution in [0.2, 0.25) is 0 Å². The summed E-state index contributed by atoms with van der Waals surface area (Å²) in [6, 6.07) is 6.25. The van der Waals surface area contributed by atoms with Crippen LogP contribution in [0.15, 0.2) is 24.4 Å². The van der Waals surface area contributed by atoms with E-state index in [1.807, 2.05) is 24.4 Å². The van der Waals surface area contributed by atoms with E-state index < -0.39 is 0 Å². The van der Waals surface area contributed by atoms with Crippen LogP contribution in [0.25, 0.3) is 0 Å². The maximum atomic E-state index is 11.4. The molecule has 4 heteroatoms. The number of piperidine rings is 1. The number of carbonyl (C=O) groups excluding carboxylic acids is 1. The second-order valence-electron chi connectivity index (χ2n) is 4.72. The third-order valence-corrected chi connectivity index (χ3v) is 3.47. The van der Waals surface area contributed by atoms with Crippen LogP contribution in [-0.4, -0.2) is 35.5 Å². The molecule has 2 rings (SSSR count). The zero-order chi connectivity index (χ0) is 12.8. The molecule has 0 saturated carbocycles. The molecule has 98 valence electrons. The highest BCUT2D eigenvalue weighted by Gasteiger charge is 2.25. The number of rotatable bonds is 4. The molecular weight excluding hydrogens is 228 g/mol. The largest absolute Gasteiger partial charge is 0.469 e. The van der Waals surface area contributed by atoms with Crippen molar-refractivity contribution in [2.24, 2.45) is 0 Å². The van der Waals surface area contributed by atoms with E-state index in [0.717, 1.165) is 25.2 Å². The smallest absolute Gasteiger partial charge is 0.307 e. The average molecular weight is 248 g/mol. The number of aromatic nitrogens is 1. The highest BCUT2D eigenvalue weighted by atomic mass is 16.5. The topological polar surface area (TPSA) is 42.4 Å². The molecule has 0 aliphatic carbocycles. The highest BCUT2D eigenvalue weighted by molar-refractivity contribution is 5.69. The maximum Gasteiger partial charge on any atom is 0.307 e. The van der Waals surface area contributed by atoms with E-state index in [0.29, 0.717) is 12.5 Å². The van der Waals surface area contributed by atoms with Crippen molar-refractivity contribution in [1.29, 1.82) is 0 Å². The van der Waals surface area contributed by atoms with Crippen LogP contribution < -0.4 is 0 Å². The van der Waals surface area contributed by atoms with E-state index in [9.17, 15) is 4.79 Å². The number of nitrogens with zero attached hydrogens (tertiary/aromatic N) is 2. The molecule has 1 aliphatic rings. The molecule has 1 unspecified atom stereocenters. The van der Waals surface area contributed by atoms with Gasteiger partial charge in [0.25, 0.3) is 0 Å². The Kier molecular flexibility index (Phi) is 4.70. The molecule has 1 aromatic rings. The van der Waals surface area contributed by atoms with Gasteiger partial charge in [0.2, 0.25) is 0 Å². The summed E-state index contributed by atoms with van der Waals surface area (Å²) in [5, 5.41) is 0. The van der Waals surface area contributed by atoms with E-state index in [2.05, 4.69) is 9.88 Å². The van der Waals surface area contributed by atoms with Crippen LogP contribution in [0.5, 0.6) is 0 Å². The molecule has 18 heavy (non-hydrogen) atoms. The van der Waals surface area contributed by atoms with Crippen LogP contribution >= 0.6 is 0 Å². The summed E-state index contributed by atoms with van der Waals surface area (Å²) in [6.07, 6.45) is 5.77. The van der Waals surface area contributed by atoms with E-state index in [-0.39, 0.29) is 5.97 Å². The van der Waals surface area contributed by atoms with Gasteiger partial charge in [0.05, 0.1) is 19.2 Å². The second kappa shape index (κ2) is 6.50. The van der Waals surface area contributed by atoms with Crippen molar-refractivity contribution in [3.05, 3.63) is 30.1 Å². The monoisotopic (exact) mass is 248 g/mol. The van der Waals surface area contributed by atoms with Crippen LogP contribution in [0.4, 0.5) is 0 Å². The predicted molar refractivity (Wildman–Crippen MR) is 68.9 cm³/mol. The second-order valence-corrected chi connectivity index (χ2v) is 4.72. The number of esters is 1. The Morgan fingerprint density at radius 1 is 1.50 bits per heavy atom. The first-order valence-corrected chi connectivity index (χ1v) is 6.50. The Morgan fingerprint density at radius 3 is 3.11 bits per heavy atom. The fourth-order valence-electron chi connectivity index (χ4n) is 2.47. The molecule has 0 aromatic carbocycles. The predicted octanol–water partition coefficient (Wildman–Crippen LogP) is 2.00. The molecule has 0 spiro atoms. The number of carbonyl (C=O) groups is 1. The van der Waals surface area contributed by atoms with E-state index in [1.165, 1.54) is 20.0 Å². The fraction of sp³-hybridized carbons (Fsp3) is 0.571. The van der Waals surface area contributed by atoms with Crippen LogP contribution in [0.3, 0.4) is 0 Å². The van der Waals surface area contributed by atoms with Crippen LogP contribution in [-0.2, 0) is 16.1 Å². The molecule has 0 radical (unpaired) electrons. The third kappa shape index (κ3) is 3.53. The van der Waals surface area contributed by atoms with Crippen LogP contribution in [0.1, 0.15) is 31.4 Å². The summed E-state index contributed by atoms with van der Waals surface area (Å²) in [7, 11) is 1.45. The minimum absolute atomic E-state index is 0.118. The average Bonchev–Trinajstić information content (AvgIpc) is 2.42. The van der Waals surface area contributed by atoms with Gasteiger partial charge in [-0.25, -0.2) is 0 Å². The van der Waals surface area contributed by atoms with Gasteiger partial charge in [-0.1, -0.05) is 12.5 Å². The first-order valence-electron chi connectivity index (χ1n) is 6.50. The molecule has 1 aliphatic heterocycles. The van der Waals surface area contributed by atoms with Gasteiger partial charge >= 0.3 is 5.97 Å². The summed E-state index contributed by atoms with van der Waals surface area (Å²) in [6.45, 7) is 1.86. The van der Waals surface area contributed by atoms with Crippen molar-refractivity contribution in [1.82, 2.24) is 9.88 Å². The quantitative estimate of drug-likeness (QED) is 0.764. The zero-order valence-electron chi connectivity index (χ0n) is 10.8. The number of ether oxygens (including phenoxy) is 1. The van der Waals surface area contributed by atoms with Gasteiger partial charge in [0.1, 0.15) is 0 Å². The Hall–Kier alpha value is -1.42. The molecule has 0 bridgehead atoms. The standard InChI is InChI=1S/C14H20N2O2/c1-18-14(17)10-13-7-3-5-9-16(13)11-12-6-2-4-8-15-12/h2,4,6,8,13H,3,5,7,9-11H2,1H3. The van der Waals surface area contributed by atoms with Crippen molar-refractivity contribution < 1.29 is 9.53 Å². The molecule has 1 saturated heterocycles. The normalized spacial score (nSPS) is 20.6. The molecule has 1 fully saturated rings. The first kappa shape index (κ1) is 13.0. The molecule has 1 atom stereocenters. The van der Waals surface area contributed by atoms with Gasteiger partial charge < -0.3 is 4.74 Å². The third-order valence-electron chi connectivity index (χ3n) is 3.47. The van der Waals surface area contributed by atoms with Gasteiger partial charge in [0, 0.05) is 18.8 Å². The SMILES string of the molecule is COC(=O)CC1CCCCN1Cc1ccccn1. The molecule has 0 N–H and O–H groups in total. The summed E-state index contributed by atoms with van der Waals surface area (Å²) >= 11 is 0. The first-order chi connectivity index (χ1) is 8.79. The Bertz CT molecular complexity index is 381. The summed E-state index contributed by atoms with van der Waals surface area (Å²) in [4.78, 5) is 18.1. The van der Waals surface area contributed by atoms with E-state index in [4.69, 9.17) is 4.74 Å². The maximum absolute atomic E-state index is 11.4. The van der Waals surface area contributed by atoms with Gasteiger partial charge in [-0.15, -0.1) is 0 Å². The molecular formula is C14H20N2O2. The van der Waals surface area contributed by atoms with Crippen molar-refractivity contribution in [3.8, 4) is 0 Å². The molecule has 2 heterocycles.